The summed E-state index contributed by atoms with van der Waals surface area (Å²) in [6.45, 7) is 1.76. The number of methoxy groups -OCH3 is 1. The highest BCUT2D eigenvalue weighted by Crippen LogP contribution is 2.25. The lowest BCUT2D eigenvalue weighted by molar-refractivity contribution is 0.411. The van der Waals surface area contributed by atoms with Gasteiger partial charge in [0.05, 0.1) is 12.8 Å². The first-order valence-corrected chi connectivity index (χ1v) is 4.36. The molecule has 1 aromatic carbocycles. The molecule has 3 nitrogen and oxygen atoms in total. The molecule has 0 aliphatic rings. The molecule has 0 aliphatic carbocycles. The Kier molecular flexibility index (Phi) is 3.24. The van der Waals surface area contributed by atoms with Crippen LogP contribution in [0.4, 0.5) is 10.1 Å². The van der Waals surface area contributed by atoms with Gasteiger partial charge in [0.15, 0.2) is 5.11 Å². The van der Waals surface area contributed by atoms with E-state index < -0.39 is 5.82 Å². The Morgan fingerprint density at radius 1 is 1.57 bits per heavy atom. The summed E-state index contributed by atoms with van der Waals surface area (Å²) in [6, 6.07) is 2.88. The largest absolute Gasteiger partial charge is 0.496 e. The lowest BCUT2D eigenvalue weighted by atomic mass is 10.2. The van der Waals surface area contributed by atoms with Crippen molar-refractivity contribution in [2.24, 2.45) is 5.73 Å². The van der Waals surface area contributed by atoms with Crippen molar-refractivity contribution in [3.8, 4) is 5.75 Å². The van der Waals surface area contributed by atoms with Gasteiger partial charge in [-0.05, 0) is 30.8 Å². The molecule has 0 saturated carbocycles. The van der Waals surface area contributed by atoms with Gasteiger partial charge in [0, 0.05) is 6.07 Å². The van der Waals surface area contributed by atoms with Crippen LogP contribution < -0.4 is 15.8 Å². The van der Waals surface area contributed by atoms with E-state index in [-0.39, 0.29) is 10.8 Å². The average molecular weight is 214 g/mol. The summed E-state index contributed by atoms with van der Waals surface area (Å²) < 4.78 is 18.3. The third kappa shape index (κ3) is 2.32. The van der Waals surface area contributed by atoms with Gasteiger partial charge in [0.25, 0.3) is 0 Å². The van der Waals surface area contributed by atoms with Crippen LogP contribution in [0.15, 0.2) is 12.1 Å². The number of nitrogens with two attached hydrogens (primary N) is 1. The van der Waals surface area contributed by atoms with E-state index in [1.807, 2.05) is 0 Å². The molecular formula is C9H11FN2OS. The Morgan fingerprint density at radius 2 is 2.21 bits per heavy atom. The molecule has 5 heteroatoms. The Labute approximate surface area is 87.1 Å². The fraction of sp³-hybridized carbons (Fsp3) is 0.222. The number of hydrogen-bond donors (Lipinski definition) is 2. The van der Waals surface area contributed by atoms with Crippen LogP contribution in [-0.4, -0.2) is 12.2 Å². The number of ether oxygens (including phenoxy) is 1. The standard InChI is InChI=1S/C9H11FN2OS/c1-5-3-6(10)7(12-9(11)14)4-8(5)13-2/h3-4H,1-2H3,(H3,11,12,14). The first-order valence-electron chi connectivity index (χ1n) is 3.95. The number of halogens is 1. The topological polar surface area (TPSA) is 47.3 Å². The number of rotatable bonds is 2. The van der Waals surface area contributed by atoms with E-state index in [0.717, 1.165) is 5.56 Å². The molecule has 0 aromatic heterocycles. The van der Waals surface area contributed by atoms with Gasteiger partial charge in [-0.3, -0.25) is 0 Å². The molecule has 0 atom stereocenters. The van der Waals surface area contributed by atoms with Gasteiger partial charge < -0.3 is 15.8 Å². The van der Waals surface area contributed by atoms with Gasteiger partial charge in [0.1, 0.15) is 11.6 Å². The van der Waals surface area contributed by atoms with Crippen molar-refractivity contribution in [1.82, 2.24) is 0 Å². The molecule has 76 valence electrons. The van der Waals surface area contributed by atoms with E-state index in [4.69, 9.17) is 10.5 Å². The smallest absolute Gasteiger partial charge is 0.168 e. The highest BCUT2D eigenvalue weighted by molar-refractivity contribution is 7.80. The van der Waals surface area contributed by atoms with Crippen LogP contribution in [0, 0.1) is 12.7 Å². The van der Waals surface area contributed by atoms with E-state index in [9.17, 15) is 4.39 Å². The number of benzene rings is 1. The fourth-order valence-electron chi connectivity index (χ4n) is 1.10. The van der Waals surface area contributed by atoms with E-state index in [1.54, 1.807) is 6.92 Å². The third-order valence-electron chi connectivity index (χ3n) is 1.74. The number of aryl methyl sites for hydroxylation is 1. The number of nitrogens with one attached hydrogen (secondary N) is 1. The number of hydrogen-bond acceptors (Lipinski definition) is 2. The van der Waals surface area contributed by atoms with Crippen molar-refractivity contribution in [2.45, 2.75) is 6.92 Å². The minimum absolute atomic E-state index is 0.0230. The Morgan fingerprint density at radius 3 is 2.71 bits per heavy atom. The minimum Gasteiger partial charge on any atom is -0.496 e. The van der Waals surface area contributed by atoms with Crippen LogP contribution >= 0.6 is 12.2 Å². The summed E-state index contributed by atoms with van der Waals surface area (Å²) in [7, 11) is 1.52. The molecule has 0 aliphatic heterocycles. The molecule has 1 rings (SSSR count). The number of anilines is 1. The van der Waals surface area contributed by atoms with Crippen LogP contribution in [0.25, 0.3) is 0 Å². The van der Waals surface area contributed by atoms with Gasteiger partial charge in [-0.15, -0.1) is 0 Å². The van der Waals surface area contributed by atoms with Crippen molar-refractivity contribution in [1.29, 1.82) is 0 Å². The first kappa shape index (κ1) is 10.7. The lowest BCUT2D eigenvalue weighted by Gasteiger charge is -2.09. The molecule has 0 amide bonds. The monoisotopic (exact) mass is 214 g/mol. The van der Waals surface area contributed by atoms with Crippen molar-refractivity contribution < 1.29 is 9.13 Å². The molecule has 0 bridgehead atoms. The maximum absolute atomic E-state index is 13.3. The van der Waals surface area contributed by atoms with E-state index >= 15 is 0 Å². The highest BCUT2D eigenvalue weighted by atomic mass is 32.1. The quantitative estimate of drug-likeness (QED) is 0.737. The van der Waals surface area contributed by atoms with Crippen LogP contribution in [-0.2, 0) is 0 Å². The van der Waals surface area contributed by atoms with Crippen molar-refractivity contribution in [2.75, 3.05) is 12.4 Å². The van der Waals surface area contributed by atoms with Gasteiger partial charge in [-0.2, -0.15) is 0 Å². The van der Waals surface area contributed by atoms with Crippen molar-refractivity contribution in [3.05, 3.63) is 23.5 Å². The van der Waals surface area contributed by atoms with Crippen LogP contribution in [0.3, 0.4) is 0 Å². The number of thiocarbonyl (C=S) groups is 1. The third-order valence-corrected chi connectivity index (χ3v) is 1.84. The fourth-order valence-corrected chi connectivity index (χ4v) is 1.21. The summed E-state index contributed by atoms with van der Waals surface area (Å²) in [6.07, 6.45) is 0. The minimum atomic E-state index is -0.406. The molecule has 0 heterocycles. The molecule has 3 N–H and O–H groups in total. The maximum atomic E-state index is 13.3. The van der Waals surface area contributed by atoms with Crippen LogP contribution in [0.1, 0.15) is 5.56 Å². The molecule has 0 spiro atoms. The maximum Gasteiger partial charge on any atom is 0.168 e. The summed E-state index contributed by atoms with van der Waals surface area (Å²) in [5, 5.41) is 2.55. The SMILES string of the molecule is COc1cc(NC(N)=S)c(F)cc1C. The van der Waals surface area contributed by atoms with Crippen LogP contribution in [0.5, 0.6) is 5.75 Å². The predicted octanol–water partition coefficient (Wildman–Crippen LogP) is 1.80. The summed E-state index contributed by atoms with van der Waals surface area (Å²) in [5.41, 5.74) is 6.18. The summed E-state index contributed by atoms with van der Waals surface area (Å²) in [4.78, 5) is 0. The van der Waals surface area contributed by atoms with Crippen molar-refractivity contribution in [3.63, 3.8) is 0 Å². The molecule has 1 aromatic rings. The molecule has 14 heavy (non-hydrogen) atoms. The Bertz CT molecular complexity index is 368. The van der Waals surface area contributed by atoms with E-state index in [1.165, 1.54) is 19.2 Å². The second kappa shape index (κ2) is 4.23. The second-order valence-electron chi connectivity index (χ2n) is 2.79. The lowest BCUT2D eigenvalue weighted by Crippen LogP contribution is -2.19. The Hall–Kier alpha value is -1.36. The van der Waals surface area contributed by atoms with Crippen molar-refractivity contribution >= 4 is 23.0 Å². The summed E-state index contributed by atoms with van der Waals surface area (Å²) >= 11 is 4.61. The van der Waals surface area contributed by atoms with Gasteiger partial charge in [0.2, 0.25) is 0 Å². The van der Waals surface area contributed by atoms with E-state index in [2.05, 4.69) is 17.5 Å². The van der Waals surface area contributed by atoms with Crippen LogP contribution in [0.2, 0.25) is 0 Å². The van der Waals surface area contributed by atoms with Gasteiger partial charge >= 0.3 is 0 Å². The summed E-state index contributed by atoms with van der Waals surface area (Å²) in [5.74, 6) is 0.182. The van der Waals surface area contributed by atoms with E-state index in [0.29, 0.717) is 5.75 Å². The zero-order valence-electron chi connectivity index (χ0n) is 7.93. The second-order valence-corrected chi connectivity index (χ2v) is 3.23. The normalized spacial score (nSPS) is 9.64. The molecule has 0 saturated heterocycles. The Balaban J connectivity index is 3.10. The first-order chi connectivity index (χ1) is 6.54. The zero-order valence-corrected chi connectivity index (χ0v) is 8.74. The predicted molar refractivity (Wildman–Crippen MR) is 58.1 cm³/mol. The molecule has 0 unspecified atom stereocenters. The molecule has 0 radical (unpaired) electrons. The average Bonchev–Trinajstić information content (AvgIpc) is 2.09. The zero-order chi connectivity index (χ0) is 10.7. The molecule has 0 fully saturated rings. The van der Waals surface area contributed by atoms with Gasteiger partial charge in [-0.25, -0.2) is 4.39 Å². The molecular weight excluding hydrogens is 203 g/mol. The van der Waals surface area contributed by atoms with Gasteiger partial charge in [-0.1, -0.05) is 0 Å². The highest BCUT2D eigenvalue weighted by Gasteiger charge is 2.07.